The Bertz CT molecular complexity index is 1990. The van der Waals surface area contributed by atoms with Crippen molar-refractivity contribution < 1.29 is 9.47 Å². The first-order chi connectivity index (χ1) is 25.8. The van der Waals surface area contributed by atoms with Crippen LogP contribution in [0, 0.1) is 23.7 Å². The van der Waals surface area contributed by atoms with E-state index in [0.29, 0.717) is 23.8 Å². The zero-order valence-corrected chi connectivity index (χ0v) is 30.6. The van der Waals surface area contributed by atoms with E-state index in [0.717, 1.165) is 37.9 Å². The van der Waals surface area contributed by atoms with E-state index in [2.05, 4.69) is 102 Å². The predicted molar refractivity (Wildman–Crippen MR) is 211 cm³/mol. The molecule has 266 valence electrons. The summed E-state index contributed by atoms with van der Waals surface area (Å²) in [5, 5.41) is 0. The Morgan fingerprint density at radius 2 is 1.62 bits per heavy atom. The van der Waals surface area contributed by atoms with Gasteiger partial charge < -0.3 is 14.4 Å². The number of ether oxygens (including phenoxy) is 2. The maximum Gasteiger partial charge on any atom is 0.126 e. The molecule has 10 aliphatic rings. The summed E-state index contributed by atoms with van der Waals surface area (Å²) in [4.78, 5) is 2.69. The largest absolute Gasteiger partial charge is 0.490 e. The highest BCUT2D eigenvalue weighted by molar-refractivity contribution is 5.69. The molecule has 3 aliphatic heterocycles. The van der Waals surface area contributed by atoms with Gasteiger partial charge in [0.2, 0.25) is 0 Å². The third-order valence-electron chi connectivity index (χ3n) is 14.4. The van der Waals surface area contributed by atoms with Crippen molar-refractivity contribution in [1.82, 2.24) is 0 Å². The average molecular weight is 688 g/mol. The van der Waals surface area contributed by atoms with Crippen molar-refractivity contribution >= 4 is 5.69 Å². The second-order valence-electron chi connectivity index (χ2n) is 17.1. The van der Waals surface area contributed by atoms with Gasteiger partial charge >= 0.3 is 0 Å². The Morgan fingerprint density at radius 1 is 0.731 bits per heavy atom. The van der Waals surface area contributed by atoms with Crippen LogP contribution in [0.2, 0.25) is 0 Å². The van der Waals surface area contributed by atoms with Crippen LogP contribution < -0.4 is 9.64 Å². The number of rotatable bonds is 3. The molecular weight excluding hydrogens is 635 g/mol. The van der Waals surface area contributed by atoms with Gasteiger partial charge in [-0.2, -0.15) is 0 Å². The van der Waals surface area contributed by atoms with Crippen molar-refractivity contribution in [2.75, 3.05) is 4.90 Å². The van der Waals surface area contributed by atoms with E-state index in [-0.39, 0.29) is 23.5 Å². The van der Waals surface area contributed by atoms with Gasteiger partial charge in [0.15, 0.2) is 0 Å². The molecule has 3 heteroatoms. The van der Waals surface area contributed by atoms with Crippen LogP contribution in [0.1, 0.15) is 102 Å². The minimum absolute atomic E-state index is 0.0248. The first-order valence-corrected chi connectivity index (χ1v) is 21.0. The van der Waals surface area contributed by atoms with Gasteiger partial charge in [0.1, 0.15) is 18.0 Å². The molecule has 3 heterocycles. The van der Waals surface area contributed by atoms with E-state index < -0.39 is 0 Å². The lowest BCUT2D eigenvalue weighted by molar-refractivity contribution is 0.0377. The van der Waals surface area contributed by atoms with Gasteiger partial charge in [0.05, 0.1) is 17.2 Å². The zero-order chi connectivity index (χ0) is 34.2. The number of fused-ring (bicyclic) bond motifs is 9. The number of hydrogen-bond acceptors (Lipinski definition) is 3. The molecule has 11 rings (SSSR count). The second-order valence-corrected chi connectivity index (χ2v) is 17.1. The Labute approximate surface area is 310 Å². The van der Waals surface area contributed by atoms with Crippen molar-refractivity contribution in [1.29, 1.82) is 0 Å². The summed E-state index contributed by atoms with van der Waals surface area (Å²) in [6.45, 7) is 0. The van der Waals surface area contributed by atoms with Gasteiger partial charge in [-0.25, -0.2) is 0 Å². The Hall–Kier alpha value is -3.98. The van der Waals surface area contributed by atoms with Gasteiger partial charge in [-0.3, -0.25) is 0 Å². The summed E-state index contributed by atoms with van der Waals surface area (Å²) in [5.41, 5.74) is 11.8. The number of hydrogen-bond donors (Lipinski definition) is 0. The first kappa shape index (κ1) is 31.5. The number of allylic oxidation sites excluding steroid dienone is 14. The molecule has 0 bridgehead atoms. The third-order valence-corrected chi connectivity index (χ3v) is 14.4. The van der Waals surface area contributed by atoms with Crippen molar-refractivity contribution in [3.8, 4) is 5.75 Å². The van der Waals surface area contributed by atoms with Gasteiger partial charge in [0.25, 0.3) is 0 Å². The quantitative estimate of drug-likeness (QED) is 0.295. The highest BCUT2D eigenvalue weighted by Crippen LogP contribution is 2.63. The molecule has 8 unspecified atom stereocenters. The summed E-state index contributed by atoms with van der Waals surface area (Å²) in [6, 6.07) is 7.79. The standard InChI is InChI=1S/C49H53NO2/c1-2-13-32(14-3-1)33-15-12-16-34(29-33)35-25-27-41-47(30-35)51-45-23-10-6-19-39(45)49(41)40-20-7-11-24-46(40)52-48-31-36(26-28-42(48)49)50-43-21-8-4-17-37(43)38-18-5-9-22-44(38)50/h2,4,8,12-13,15,17,20-21,25-32,34,37,41,43,46-47H,1,3,5-7,9-11,14,16,18-19,22-24H2. The fraction of sp³-hybridized carbons (Fsp3) is 0.469. The number of anilines is 1. The molecule has 0 N–H and O–H groups in total. The van der Waals surface area contributed by atoms with Crippen LogP contribution in [-0.4, -0.2) is 18.2 Å². The van der Waals surface area contributed by atoms with Crippen LogP contribution >= 0.6 is 0 Å². The van der Waals surface area contributed by atoms with Crippen LogP contribution in [0.4, 0.5) is 5.69 Å². The lowest BCUT2D eigenvalue weighted by Gasteiger charge is -2.56. The number of nitrogens with zero attached hydrogens (tertiary/aromatic N) is 1. The normalized spacial score (nSPS) is 36.8. The Balaban J connectivity index is 1.03. The fourth-order valence-electron chi connectivity index (χ4n) is 12.2. The van der Waals surface area contributed by atoms with Crippen LogP contribution in [0.3, 0.4) is 0 Å². The van der Waals surface area contributed by atoms with Crippen molar-refractivity contribution in [3.63, 3.8) is 0 Å². The monoisotopic (exact) mass is 687 g/mol. The van der Waals surface area contributed by atoms with E-state index in [4.69, 9.17) is 9.47 Å². The van der Waals surface area contributed by atoms with E-state index in [9.17, 15) is 0 Å². The molecular formula is C49H53NO2. The molecule has 0 radical (unpaired) electrons. The van der Waals surface area contributed by atoms with Crippen LogP contribution in [0.25, 0.3) is 0 Å². The van der Waals surface area contributed by atoms with Gasteiger partial charge in [0, 0.05) is 53.1 Å². The molecule has 0 aromatic heterocycles. The van der Waals surface area contributed by atoms with Gasteiger partial charge in [-0.05, 0) is 130 Å². The van der Waals surface area contributed by atoms with Crippen molar-refractivity contribution in [3.05, 3.63) is 142 Å². The molecule has 3 nitrogen and oxygen atoms in total. The minimum Gasteiger partial charge on any atom is -0.490 e. The topological polar surface area (TPSA) is 21.7 Å². The summed E-state index contributed by atoms with van der Waals surface area (Å²) in [5.74, 6) is 4.09. The summed E-state index contributed by atoms with van der Waals surface area (Å²) < 4.78 is 14.4. The highest BCUT2D eigenvalue weighted by Gasteiger charge is 2.59. The molecule has 1 spiro atoms. The van der Waals surface area contributed by atoms with Crippen molar-refractivity contribution in [2.24, 2.45) is 23.7 Å². The molecule has 0 saturated carbocycles. The average Bonchev–Trinajstić information content (AvgIpc) is 3.55. The second kappa shape index (κ2) is 12.6. The van der Waals surface area contributed by atoms with E-state index in [1.807, 2.05) is 0 Å². The van der Waals surface area contributed by atoms with Crippen LogP contribution in [-0.2, 0) is 10.2 Å². The molecule has 1 aromatic rings. The SMILES string of the molecule is C1=CC2C3=C(CCCC3)N(c3ccc4c(c3)OC3CCCC=C3C43C4=C(CCCC4)OC4C=C(C5C=C(C6C=CCCC6)C=CC5)C=CC43)C2C=C1. The zero-order valence-electron chi connectivity index (χ0n) is 30.6. The fourth-order valence-corrected chi connectivity index (χ4v) is 12.2. The van der Waals surface area contributed by atoms with Crippen molar-refractivity contribution in [2.45, 2.75) is 120 Å². The third kappa shape index (κ3) is 4.76. The Kier molecular flexibility index (Phi) is 7.62. The maximum atomic E-state index is 7.21. The summed E-state index contributed by atoms with van der Waals surface area (Å²) >= 11 is 0. The van der Waals surface area contributed by atoms with Gasteiger partial charge in [-0.15, -0.1) is 0 Å². The molecule has 7 aliphatic carbocycles. The molecule has 0 saturated heterocycles. The number of benzene rings is 1. The molecule has 52 heavy (non-hydrogen) atoms. The predicted octanol–water partition coefficient (Wildman–Crippen LogP) is 11.8. The minimum atomic E-state index is -0.217. The molecule has 8 atom stereocenters. The van der Waals surface area contributed by atoms with E-state index in [1.54, 1.807) is 16.8 Å². The van der Waals surface area contributed by atoms with Gasteiger partial charge in [-0.1, -0.05) is 79.0 Å². The van der Waals surface area contributed by atoms with Crippen LogP contribution in [0.5, 0.6) is 5.75 Å². The lowest BCUT2D eigenvalue weighted by Crippen LogP contribution is -2.55. The molecule has 0 fully saturated rings. The molecule has 0 amide bonds. The smallest absolute Gasteiger partial charge is 0.126 e. The highest BCUT2D eigenvalue weighted by atomic mass is 16.5. The lowest BCUT2D eigenvalue weighted by atomic mass is 9.53. The summed E-state index contributed by atoms with van der Waals surface area (Å²) in [6.07, 6.45) is 50.0. The Morgan fingerprint density at radius 3 is 2.58 bits per heavy atom. The maximum absolute atomic E-state index is 7.21. The first-order valence-electron chi connectivity index (χ1n) is 21.0. The van der Waals surface area contributed by atoms with E-state index in [1.165, 1.54) is 97.9 Å². The van der Waals surface area contributed by atoms with Crippen LogP contribution in [0.15, 0.2) is 137 Å². The summed E-state index contributed by atoms with van der Waals surface area (Å²) in [7, 11) is 0. The van der Waals surface area contributed by atoms with E-state index >= 15 is 0 Å². The molecule has 1 aromatic carbocycles.